The van der Waals surface area contributed by atoms with Crippen LogP contribution in [0.4, 0.5) is 0 Å². The maximum Gasteiger partial charge on any atom is 0.203 e. The van der Waals surface area contributed by atoms with E-state index in [0.717, 1.165) is 41.5 Å². The zero-order valence-electron chi connectivity index (χ0n) is 30.9. The molecule has 0 spiro atoms. The molecule has 0 aliphatic rings. The van der Waals surface area contributed by atoms with Gasteiger partial charge in [-0.15, -0.1) is 0 Å². The van der Waals surface area contributed by atoms with Crippen LogP contribution in [-0.4, -0.2) is 22.8 Å². The van der Waals surface area contributed by atoms with E-state index in [9.17, 15) is 14.7 Å². The Hall–Kier alpha value is -2.62. The van der Waals surface area contributed by atoms with Gasteiger partial charge in [0.2, 0.25) is 5.78 Å². The molecular weight excluding hydrogens is 544 g/mol. The Morgan fingerprint density at radius 3 is 1.32 bits per heavy atom. The van der Waals surface area contributed by atoms with Gasteiger partial charge in [0.1, 0.15) is 11.5 Å². The van der Waals surface area contributed by atoms with E-state index in [1.54, 1.807) is 0 Å². The van der Waals surface area contributed by atoms with Crippen molar-refractivity contribution in [1.82, 2.24) is 0 Å². The molecule has 1 N–H and O–H groups in total. The highest BCUT2D eigenvalue weighted by molar-refractivity contribution is 6.02. The molecule has 0 aromatic heterocycles. The van der Waals surface area contributed by atoms with Gasteiger partial charge in [0, 0.05) is 38.8 Å². The third kappa shape index (κ3) is 8.15. The minimum atomic E-state index is -0.717. The molecule has 0 bridgehead atoms. The quantitative estimate of drug-likeness (QED) is 0.273. The van der Waals surface area contributed by atoms with Gasteiger partial charge in [-0.1, -0.05) is 117 Å². The molecule has 1 unspecified atom stereocenters. The molecule has 0 saturated carbocycles. The molecular formula is C40H62O4. The van der Waals surface area contributed by atoms with Crippen LogP contribution < -0.4 is 4.74 Å². The van der Waals surface area contributed by atoms with Crippen molar-refractivity contribution in [3.63, 3.8) is 0 Å². The normalized spacial score (nSPS) is 14.0. The lowest BCUT2D eigenvalue weighted by Gasteiger charge is -2.34. The van der Waals surface area contributed by atoms with Crippen LogP contribution in [0.15, 0.2) is 24.3 Å². The van der Waals surface area contributed by atoms with Crippen molar-refractivity contribution in [2.24, 2.45) is 5.41 Å². The second-order valence-corrected chi connectivity index (χ2v) is 17.2. The van der Waals surface area contributed by atoms with Crippen LogP contribution in [-0.2, 0) is 21.7 Å². The molecule has 2 aromatic carbocycles. The van der Waals surface area contributed by atoms with Gasteiger partial charge in [-0.25, -0.2) is 0 Å². The molecule has 4 heteroatoms. The van der Waals surface area contributed by atoms with Crippen molar-refractivity contribution in [2.45, 2.75) is 164 Å². The second kappa shape index (κ2) is 13.0. The number of hydrogen-bond donors (Lipinski definition) is 1. The summed E-state index contributed by atoms with van der Waals surface area (Å²) >= 11 is 0. The molecule has 0 radical (unpaired) electrons. The SMILES string of the molecule is CCCC(Oc1c(C(C)(C)C)cc(C(=O)C(C)(CC)CC)cc1C(C)(C)C)C(=O)c1cc(C(C)(C)C)c(O)c(C(C)(C)C)c1. The van der Waals surface area contributed by atoms with Crippen LogP contribution >= 0.6 is 0 Å². The average molecular weight is 607 g/mol. The Balaban J connectivity index is 2.88. The van der Waals surface area contributed by atoms with Gasteiger partial charge >= 0.3 is 0 Å². The van der Waals surface area contributed by atoms with Crippen molar-refractivity contribution >= 4 is 11.6 Å². The van der Waals surface area contributed by atoms with E-state index in [0.29, 0.717) is 23.3 Å². The number of ether oxygens (including phenoxy) is 1. The van der Waals surface area contributed by atoms with Crippen LogP contribution in [0.3, 0.4) is 0 Å². The minimum Gasteiger partial charge on any atom is -0.507 e. The average Bonchev–Trinajstić information content (AvgIpc) is 2.89. The number of benzene rings is 2. The zero-order chi connectivity index (χ0) is 34.2. The number of rotatable bonds is 10. The third-order valence-corrected chi connectivity index (χ3v) is 9.19. The van der Waals surface area contributed by atoms with Crippen molar-refractivity contribution in [1.29, 1.82) is 0 Å². The smallest absolute Gasteiger partial charge is 0.203 e. The van der Waals surface area contributed by atoms with Crippen molar-refractivity contribution in [2.75, 3.05) is 0 Å². The fourth-order valence-corrected chi connectivity index (χ4v) is 5.67. The van der Waals surface area contributed by atoms with E-state index in [1.807, 2.05) is 24.3 Å². The van der Waals surface area contributed by atoms with Crippen LogP contribution in [0.2, 0.25) is 0 Å². The molecule has 0 fully saturated rings. The Morgan fingerprint density at radius 2 is 1.00 bits per heavy atom. The summed E-state index contributed by atoms with van der Waals surface area (Å²) in [5, 5.41) is 11.3. The molecule has 0 aliphatic heterocycles. The van der Waals surface area contributed by atoms with Crippen molar-refractivity contribution in [3.05, 3.63) is 57.6 Å². The summed E-state index contributed by atoms with van der Waals surface area (Å²) in [6, 6.07) is 7.73. The Labute approximate surface area is 269 Å². The zero-order valence-corrected chi connectivity index (χ0v) is 30.9. The largest absolute Gasteiger partial charge is 0.507 e. The molecule has 0 aliphatic carbocycles. The lowest BCUT2D eigenvalue weighted by atomic mass is 9.73. The Morgan fingerprint density at radius 1 is 0.636 bits per heavy atom. The monoisotopic (exact) mass is 606 g/mol. The summed E-state index contributed by atoms with van der Waals surface area (Å²) in [7, 11) is 0. The first kappa shape index (κ1) is 37.6. The van der Waals surface area contributed by atoms with Crippen LogP contribution in [0, 0.1) is 5.41 Å². The standard InChI is InChI=1S/C40H62O4/c1-17-20-31(32(41)25-21-27(36(4,5)6)33(42)28(22-25)37(7,8)9)44-34-29(38(10,11)12)23-26(24-30(34)39(13,14)15)35(43)40(16,18-2)19-3/h21-24,31,42H,17-20H2,1-16H3. The van der Waals surface area contributed by atoms with Crippen molar-refractivity contribution < 1.29 is 19.4 Å². The van der Waals surface area contributed by atoms with Gasteiger partial charge in [0.25, 0.3) is 0 Å². The lowest BCUT2D eigenvalue weighted by Crippen LogP contribution is -2.32. The second-order valence-electron chi connectivity index (χ2n) is 17.2. The van der Waals surface area contributed by atoms with Crippen LogP contribution in [0.25, 0.3) is 0 Å². The molecule has 44 heavy (non-hydrogen) atoms. The van der Waals surface area contributed by atoms with Gasteiger partial charge in [-0.2, -0.15) is 0 Å². The number of ketones is 2. The van der Waals surface area contributed by atoms with E-state index in [4.69, 9.17) is 4.74 Å². The molecule has 0 heterocycles. The fourth-order valence-electron chi connectivity index (χ4n) is 5.67. The van der Waals surface area contributed by atoms with Crippen LogP contribution in [0.5, 0.6) is 11.5 Å². The molecule has 2 rings (SSSR count). The van der Waals surface area contributed by atoms with Crippen molar-refractivity contribution in [3.8, 4) is 11.5 Å². The fraction of sp³-hybridized carbons (Fsp3) is 0.650. The van der Waals surface area contributed by atoms with E-state index in [-0.39, 0.29) is 39.0 Å². The predicted octanol–water partition coefficient (Wildman–Crippen LogP) is 11.0. The van der Waals surface area contributed by atoms with Gasteiger partial charge in [0.05, 0.1) is 0 Å². The highest BCUT2D eigenvalue weighted by atomic mass is 16.5. The number of carbonyl (C=O) groups excluding carboxylic acids is 2. The van der Waals surface area contributed by atoms with E-state index in [1.165, 1.54) is 0 Å². The maximum absolute atomic E-state index is 14.5. The number of carbonyl (C=O) groups is 2. The molecule has 0 saturated heterocycles. The summed E-state index contributed by atoms with van der Waals surface area (Å²) < 4.78 is 6.92. The van der Waals surface area contributed by atoms with E-state index < -0.39 is 11.5 Å². The number of aromatic hydroxyl groups is 1. The van der Waals surface area contributed by atoms with Gasteiger partial charge in [-0.05, 0) is 65.2 Å². The summed E-state index contributed by atoms with van der Waals surface area (Å²) in [6.45, 7) is 33.4. The number of Topliss-reactive ketones (excluding diaryl/α,β-unsaturated/α-hetero) is 2. The van der Waals surface area contributed by atoms with E-state index in [2.05, 4.69) is 111 Å². The molecule has 4 nitrogen and oxygen atoms in total. The number of hydrogen-bond acceptors (Lipinski definition) is 4. The minimum absolute atomic E-state index is 0.0905. The molecule has 246 valence electrons. The first-order chi connectivity index (χ1) is 19.8. The van der Waals surface area contributed by atoms with Gasteiger partial charge < -0.3 is 9.84 Å². The molecule has 1 atom stereocenters. The highest BCUT2D eigenvalue weighted by Gasteiger charge is 2.36. The summed E-state index contributed by atoms with van der Waals surface area (Å²) in [6.07, 6.45) is 2.13. The Kier molecular flexibility index (Phi) is 11.1. The number of phenolic OH excluding ortho intramolecular Hbond substituents is 1. The van der Waals surface area contributed by atoms with Crippen LogP contribution in [0.1, 0.15) is 179 Å². The first-order valence-corrected chi connectivity index (χ1v) is 16.7. The van der Waals surface area contributed by atoms with Gasteiger partial charge in [0.15, 0.2) is 11.9 Å². The lowest BCUT2D eigenvalue weighted by molar-refractivity contribution is 0.0765. The molecule has 0 amide bonds. The Bertz CT molecular complexity index is 1280. The third-order valence-electron chi connectivity index (χ3n) is 9.19. The van der Waals surface area contributed by atoms with E-state index >= 15 is 0 Å². The molecule has 2 aromatic rings. The topological polar surface area (TPSA) is 63.6 Å². The summed E-state index contributed by atoms with van der Waals surface area (Å²) in [4.78, 5) is 28.4. The predicted molar refractivity (Wildman–Crippen MR) is 186 cm³/mol. The summed E-state index contributed by atoms with van der Waals surface area (Å²) in [5.74, 6) is 1.02. The summed E-state index contributed by atoms with van der Waals surface area (Å²) in [5.41, 5.74) is 2.83. The first-order valence-electron chi connectivity index (χ1n) is 16.7. The number of phenols is 1. The highest BCUT2D eigenvalue weighted by Crippen LogP contribution is 2.44. The van der Waals surface area contributed by atoms with Gasteiger partial charge in [-0.3, -0.25) is 9.59 Å². The maximum atomic E-state index is 14.5.